The van der Waals surface area contributed by atoms with E-state index in [-0.39, 0.29) is 12.5 Å². The van der Waals surface area contributed by atoms with Crippen LogP contribution in [0.4, 0.5) is 15.8 Å². The van der Waals surface area contributed by atoms with Crippen molar-refractivity contribution < 1.29 is 27.1 Å². The molecule has 0 atom stereocenters. The highest BCUT2D eigenvalue weighted by Gasteiger charge is 2.21. The summed E-state index contributed by atoms with van der Waals surface area (Å²) in [5, 5.41) is 2.80. The average Bonchev–Trinajstić information content (AvgIpc) is 2.79. The van der Waals surface area contributed by atoms with Crippen molar-refractivity contribution in [1.82, 2.24) is 0 Å². The average molecular weight is 473 g/mol. The van der Waals surface area contributed by atoms with Gasteiger partial charge in [-0.15, -0.1) is 0 Å². The number of sulfonamides is 1. The summed E-state index contributed by atoms with van der Waals surface area (Å²) in [6, 6.07) is 16.9. The van der Waals surface area contributed by atoms with Gasteiger partial charge in [-0.2, -0.15) is 0 Å². The number of amides is 1. The molecule has 9 heteroatoms. The van der Waals surface area contributed by atoms with Gasteiger partial charge < -0.3 is 14.8 Å². The predicted octanol–water partition coefficient (Wildman–Crippen LogP) is 4.45. The van der Waals surface area contributed by atoms with Crippen molar-refractivity contribution in [3.63, 3.8) is 0 Å². The first-order valence-corrected chi connectivity index (χ1v) is 12.0. The Bertz CT molecular complexity index is 1210. The monoisotopic (exact) mass is 472 g/mol. The van der Waals surface area contributed by atoms with Gasteiger partial charge in [0.05, 0.1) is 32.2 Å². The van der Waals surface area contributed by atoms with Gasteiger partial charge in [0.15, 0.2) is 0 Å². The quantitative estimate of drug-likeness (QED) is 0.497. The van der Waals surface area contributed by atoms with E-state index in [2.05, 4.69) is 5.32 Å². The number of benzene rings is 3. The van der Waals surface area contributed by atoms with Crippen molar-refractivity contribution in [1.29, 1.82) is 0 Å². The molecule has 3 aromatic rings. The van der Waals surface area contributed by atoms with Gasteiger partial charge in [-0.1, -0.05) is 0 Å². The molecule has 1 N–H and O–H groups in total. The molecule has 0 heterocycles. The lowest BCUT2D eigenvalue weighted by Gasteiger charge is -2.24. The van der Waals surface area contributed by atoms with Crippen LogP contribution in [0.2, 0.25) is 0 Å². The summed E-state index contributed by atoms with van der Waals surface area (Å²) in [5.41, 5.74) is 1.69. The lowest BCUT2D eigenvalue weighted by atomic mass is 10.1. The molecule has 0 fully saturated rings. The van der Waals surface area contributed by atoms with Crippen LogP contribution >= 0.6 is 0 Å². The first-order chi connectivity index (χ1) is 15.7. The zero-order valence-corrected chi connectivity index (χ0v) is 19.4. The van der Waals surface area contributed by atoms with E-state index in [1.807, 2.05) is 6.92 Å². The number of carbonyl (C=O) groups is 1. The first kappa shape index (κ1) is 24.1. The molecule has 174 valence electrons. The fourth-order valence-corrected chi connectivity index (χ4v) is 4.09. The molecule has 0 aliphatic rings. The number of methoxy groups -OCH3 is 1. The van der Waals surface area contributed by atoms with Crippen LogP contribution in [0.3, 0.4) is 0 Å². The maximum Gasteiger partial charge on any atom is 0.255 e. The zero-order chi connectivity index (χ0) is 24.0. The number of ether oxygens (including phenoxy) is 2. The highest BCUT2D eigenvalue weighted by molar-refractivity contribution is 7.92. The number of hydrogen-bond donors (Lipinski definition) is 1. The topological polar surface area (TPSA) is 84.9 Å². The van der Waals surface area contributed by atoms with E-state index in [1.165, 1.54) is 31.4 Å². The molecule has 0 saturated carbocycles. The van der Waals surface area contributed by atoms with Crippen molar-refractivity contribution >= 4 is 27.3 Å². The molecule has 0 bridgehead atoms. The van der Waals surface area contributed by atoms with Crippen LogP contribution in [0.5, 0.6) is 11.5 Å². The number of rotatable bonds is 9. The standard InChI is InChI=1S/C24H25FN2O5S/c1-4-32-22-12-8-20(9-13-22)26-24(28)17-5-14-23(31-2)18(15-17)16-27(33(3,29)30)21-10-6-19(25)7-11-21/h5-15H,4,16H2,1-3H3,(H,26,28). The third kappa shape index (κ3) is 6.23. The molecule has 0 aliphatic heterocycles. The molecule has 0 aromatic heterocycles. The summed E-state index contributed by atoms with van der Waals surface area (Å²) in [4.78, 5) is 12.8. The number of hydrogen-bond acceptors (Lipinski definition) is 5. The van der Waals surface area contributed by atoms with Crippen LogP contribution in [0.25, 0.3) is 0 Å². The van der Waals surface area contributed by atoms with Gasteiger partial charge in [0, 0.05) is 16.8 Å². The Morgan fingerprint density at radius 3 is 2.27 bits per heavy atom. The summed E-state index contributed by atoms with van der Waals surface area (Å²) in [6.45, 7) is 2.33. The Kier molecular flexibility index (Phi) is 7.55. The van der Waals surface area contributed by atoms with E-state index in [4.69, 9.17) is 9.47 Å². The highest BCUT2D eigenvalue weighted by atomic mass is 32.2. The molecule has 0 unspecified atom stereocenters. The van der Waals surface area contributed by atoms with E-state index in [1.54, 1.807) is 42.5 Å². The summed E-state index contributed by atoms with van der Waals surface area (Å²) in [6.07, 6.45) is 1.06. The van der Waals surface area contributed by atoms with E-state index >= 15 is 0 Å². The molecule has 3 rings (SSSR count). The van der Waals surface area contributed by atoms with Crippen molar-refractivity contribution in [2.45, 2.75) is 13.5 Å². The second kappa shape index (κ2) is 10.4. The Morgan fingerprint density at radius 1 is 1.03 bits per heavy atom. The maximum atomic E-state index is 13.3. The maximum absolute atomic E-state index is 13.3. The van der Waals surface area contributed by atoms with E-state index in [0.29, 0.717) is 40.6 Å². The third-order valence-electron chi connectivity index (χ3n) is 4.79. The van der Waals surface area contributed by atoms with Crippen LogP contribution in [-0.2, 0) is 16.6 Å². The van der Waals surface area contributed by atoms with E-state index in [0.717, 1.165) is 10.6 Å². The Labute approximate surface area is 192 Å². The summed E-state index contributed by atoms with van der Waals surface area (Å²) >= 11 is 0. The largest absolute Gasteiger partial charge is 0.496 e. The minimum atomic E-state index is -3.70. The van der Waals surface area contributed by atoms with Gasteiger partial charge in [-0.05, 0) is 73.7 Å². The molecular formula is C24H25FN2O5S. The Balaban J connectivity index is 1.87. The normalized spacial score (nSPS) is 11.0. The third-order valence-corrected chi connectivity index (χ3v) is 5.94. The van der Waals surface area contributed by atoms with E-state index < -0.39 is 15.8 Å². The van der Waals surface area contributed by atoms with Crippen molar-refractivity contribution in [3.05, 3.63) is 83.7 Å². The van der Waals surface area contributed by atoms with Gasteiger partial charge in [0.2, 0.25) is 10.0 Å². The van der Waals surface area contributed by atoms with Crippen molar-refractivity contribution in [3.8, 4) is 11.5 Å². The van der Waals surface area contributed by atoms with Gasteiger partial charge in [-0.3, -0.25) is 9.10 Å². The molecule has 1 amide bonds. The Hall–Kier alpha value is -3.59. The lowest BCUT2D eigenvalue weighted by Crippen LogP contribution is -2.29. The van der Waals surface area contributed by atoms with Gasteiger partial charge in [-0.25, -0.2) is 12.8 Å². The highest BCUT2D eigenvalue weighted by Crippen LogP contribution is 2.27. The molecule has 0 spiro atoms. The minimum Gasteiger partial charge on any atom is -0.496 e. The molecule has 33 heavy (non-hydrogen) atoms. The fourth-order valence-electron chi connectivity index (χ4n) is 3.21. The van der Waals surface area contributed by atoms with Crippen LogP contribution in [0.1, 0.15) is 22.8 Å². The molecule has 3 aromatic carbocycles. The summed E-state index contributed by atoms with van der Waals surface area (Å²) < 4.78 is 50.1. The summed E-state index contributed by atoms with van der Waals surface area (Å²) in [7, 11) is -2.24. The van der Waals surface area contributed by atoms with E-state index in [9.17, 15) is 17.6 Å². The van der Waals surface area contributed by atoms with Gasteiger partial charge in [0.1, 0.15) is 17.3 Å². The van der Waals surface area contributed by atoms with Crippen LogP contribution < -0.4 is 19.1 Å². The zero-order valence-electron chi connectivity index (χ0n) is 18.5. The number of anilines is 2. The number of nitrogens with one attached hydrogen (secondary N) is 1. The smallest absolute Gasteiger partial charge is 0.255 e. The molecule has 7 nitrogen and oxygen atoms in total. The molecule has 0 aliphatic carbocycles. The van der Waals surface area contributed by atoms with Crippen LogP contribution in [0.15, 0.2) is 66.7 Å². The lowest BCUT2D eigenvalue weighted by molar-refractivity contribution is 0.102. The second-order valence-corrected chi connectivity index (χ2v) is 9.09. The van der Waals surface area contributed by atoms with Crippen LogP contribution in [0, 0.1) is 5.82 Å². The number of halogens is 1. The predicted molar refractivity (Wildman–Crippen MR) is 126 cm³/mol. The fraction of sp³-hybridized carbons (Fsp3) is 0.208. The second-order valence-electron chi connectivity index (χ2n) is 7.18. The molecular weight excluding hydrogens is 447 g/mol. The minimum absolute atomic E-state index is 0.0994. The van der Waals surface area contributed by atoms with Crippen LogP contribution in [-0.4, -0.2) is 34.3 Å². The van der Waals surface area contributed by atoms with Gasteiger partial charge >= 0.3 is 0 Å². The molecule has 0 radical (unpaired) electrons. The van der Waals surface area contributed by atoms with Gasteiger partial charge in [0.25, 0.3) is 5.91 Å². The Morgan fingerprint density at radius 2 is 1.70 bits per heavy atom. The number of nitrogens with zero attached hydrogens (tertiary/aromatic N) is 1. The van der Waals surface area contributed by atoms with Crippen molar-refractivity contribution in [2.75, 3.05) is 29.6 Å². The molecule has 0 saturated heterocycles. The number of carbonyl (C=O) groups excluding carboxylic acids is 1. The summed E-state index contributed by atoms with van der Waals surface area (Å²) in [5.74, 6) is 0.278. The van der Waals surface area contributed by atoms with Crippen molar-refractivity contribution in [2.24, 2.45) is 0 Å². The first-order valence-electron chi connectivity index (χ1n) is 10.2. The SMILES string of the molecule is CCOc1ccc(NC(=O)c2ccc(OC)c(CN(c3ccc(F)cc3)S(C)(=O)=O)c2)cc1.